The van der Waals surface area contributed by atoms with E-state index < -0.39 is 19.0 Å². The van der Waals surface area contributed by atoms with E-state index >= 15 is 0 Å². The largest absolute Gasteiger partial charge is 0.586 e. The third-order valence-corrected chi connectivity index (χ3v) is 5.01. The number of urea groups is 1. The number of nitrogens with zero attached hydrogens (tertiary/aromatic N) is 3. The van der Waals surface area contributed by atoms with Crippen LogP contribution in [0, 0.1) is 0 Å². The second-order valence-electron chi connectivity index (χ2n) is 5.87. The number of benzene rings is 1. The summed E-state index contributed by atoms with van der Waals surface area (Å²) in [7, 11) is 0. The van der Waals surface area contributed by atoms with Crippen molar-refractivity contribution in [2.24, 2.45) is 4.99 Å². The maximum atomic E-state index is 13.2. The topological polar surface area (TPSA) is 56.1 Å². The fourth-order valence-electron chi connectivity index (χ4n) is 2.86. The first kappa shape index (κ1) is 17.0. The van der Waals surface area contributed by atoms with Crippen molar-refractivity contribution in [2.75, 3.05) is 13.1 Å². The Morgan fingerprint density at radius 2 is 1.96 bits per heavy atom. The Morgan fingerprint density at radius 3 is 2.69 bits per heavy atom. The molecule has 1 aromatic carbocycles. The molecule has 4 rings (SSSR count). The van der Waals surface area contributed by atoms with Crippen LogP contribution in [0.2, 0.25) is 0 Å². The van der Waals surface area contributed by atoms with Crippen LogP contribution >= 0.6 is 11.3 Å². The Bertz CT molecular complexity index is 919. The van der Waals surface area contributed by atoms with Crippen molar-refractivity contribution in [2.45, 2.75) is 25.8 Å². The molecule has 1 saturated heterocycles. The summed E-state index contributed by atoms with van der Waals surface area (Å²) < 4.78 is 49.8. The van der Waals surface area contributed by atoms with Crippen LogP contribution in [0.5, 0.6) is 11.5 Å². The first-order chi connectivity index (χ1) is 12.4. The molecule has 1 fully saturated rings. The van der Waals surface area contributed by atoms with Crippen LogP contribution in [0.3, 0.4) is 0 Å². The lowest BCUT2D eigenvalue weighted by Gasteiger charge is -2.10. The van der Waals surface area contributed by atoms with Crippen LogP contribution in [-0.2, 0) is 6.67 Å². The summed E-state index contributed by atoms with van der Waals surface area (Å²) in [6.45, 7) is 0.562. The summed E-state index contributed by atoms with van der Waals surface area (Å²) in [5.41, 5.74) is 0.411. The van der Waals surface area contributed by atoms with Crippen molar-refractivity contribution in [3.05, 3.63) is 34.1 Å². The third-order valence-electron chi connectivity index (χ3n) is 4.06. The van der Waals surface area contributed by atoms with Crippen molar-refractivity contribution in [3.8, 4) is 17.2 Å². The van der Waals surface area contributed by atoms with E-state index in [1.54, 1.807) is 4.90 Å². The molecule has 0 bridgehead atoms. The lowest BCUT2D eigenvalue weighted by molar-refractivity contribution is -0.286. The predicted molar refractivity (Wildman–Crippen MR) is 86.4 cm³/mol. The van der Waals surface area contributed by atoms with E-state index in [1.165, 1.54) is 29.0 Å². The van der Waals surface area contributed by atoms with E-state index in [4.69, 9.17) is 0 Å². The van der Waals surface area contributed by atoms with Gasteiger partial charge in [0.1, 0.15) is 6.67 Å². The second kappa shape index (κ2) is 6.35. The van der Waals surface area contributed by atoms with Crippen molar-refractivity contribution in [3.63, 3.8) is 0 Å². The minimum absolute atomic E-state index is 0.0908. The number of carbonyl (C=O) groups is 1. The Labute approximate surface area is 150 Å². The first-order valence-corrected chi connectivity index (χ1v) is 8.78. The molecule has 138 valence electrons. The summed E-state index contributed by atoms with van der Waals surface area (Å²) in [5, 5.41) is 0. The average molecular weight is 385 g/mol. The molecule has 0 atom stereocenters. The van der Waals surface area contributed by atoms with Gasteiger partial charge in [-0.25, -0.2) is 9.18 Å². The highest BCUT2D eigenvalue weighted by Crippen LogP contribution is 2.41. The summed E-state index contributed by atoms with van der Waals surface area (Å²) in [4.78, 5) is 18.6. The van der Waals surface area contributed by atoms with E-state index in [1.807, 2.05) is 0 Å². The van der Waals surface area contributed by atoms with E-state index in [0.717, 1.165) is 24.2 Å². The number of carbonyl (C=O) groups excluding carboxylic acids is 1. The summed E-state index contributed by atoms with van der Waals surface area (Å²) in [5.74, 6) is -0.225. The smallest absolute Gasteiger partial charge is 0.395 e. The third kappa shape index (κ3) is 3.16. The number of alkyl halides is 3. The fourth-order valence-corrected chi connectivity index (χ4v) is 3.69. The van der Waals surface area contributed by atoms with Gasteiger partial charge >= 0.3 is 12.3 Å². The Balaban J connectivity index is 1.73. The van der Waals surface area contributed by atoms with Gasteiger partial charge in [0.25, 0.3) is 0 Å². The van der Waals surface area contributed by atoms with Gasteiger partial charge < -0.3 is 14.4 Å². The van der Waals surface area contributed by atoms with E-state index in [2.05, 4.69) is 14.5 Å². The lowest BCUT2D eigenvalue weighted by Crippen LogP contribution is -2.27. The predicted octanol–water partition coefficient (Wildman–Crippen LogP) is 3.45. The standard InChI is InChI=1S/C16H14F3N3O3S/c17-8-11-9-22(15(26-11)20-14(23)21-5-1-2-6-21)10-3-4-12-13(7-10)25-16(18,19)24-12/h3-4,7,9H,1-2,5-6,8H2. The van der Waals surface area contributed by atoms with Crippen LogP contribution in [0.4, 0.5) is 18.0 Å². The molecule has 0 aliphatic carbocycles. The van der Waals surface area contributed by atoms with Crippen molar-refractivity contribution in [1.82, 2.24) is 9.47 Å². The Morgan fingerprint density at radius 1 is 1.23 bits per heavy atom. The van der Waals surface area contributed by atoms with Crippen LogP contribution in [-0.4, -0.2) is 34.9 Å². The average Bonchev–Trinajstić information content (AvgIpc) is 3.30. The minimum Gasteiger partial charge on any atom is -0.395 e. The number of hydrogen-bond acceptors (Lipinski definition) is 4. The molecule has 0 N–H and O–H groups in total. The number of rotatable bonds is 2. The van der Waals surface area contributed by atoms with Crippen LogP contribution in [0.1, 0.15) is 17.7 Å². The molecule has 2 aliphatic heterocycles. The van der Waals surface area contributed by atoms with E-state index in [-0.39, 0.29) is 16.3 Å². The summed E-state index contributed by atoms with van der Waals surface area (Å²) in [6.07, 6.45) is -0.380. The maximum absolute atomic E-state index is 13.2. The fraction of sp³-hybridized carbons (Fsp3) is 0.375. The quantitative estimate of drug-likeness (QED) is 0.796. The second-order valence-corrected chi connectivity index (χ2v) is 6.96. The van der Waals surface area contributed by atoms with Gasteiger partial charge in [0.05, 0.1) is 10.6 Å². The molecule has 2 aliphatic rings. The molecule has 6 nitrogen and oxygen atoms in total. The molecular formula is C16H14F3N3O3S. The molecule has 2 aromatic rings. The normalized spacial score (nSPS) is 18.6. The number of thiazole rings is 1. The number of ether oxygens (including phenoxy) is 2. The number of hydrogen-bond donors (Lipinski definition) is 0. The van der Waals surface area contributed by atoms with Crippen LogP contribution in [0.15, 0.2) is 29.4 Å². The van der Waals surface area contributed by atoms with Crippen molar-refractivity contribution >= 4 is 17.4 Å². The van der Waals surface area contributed by atoms with Gasteiger partial charge in [-0.15, -0.1) is 8.78 Å². The van der Waals surface area contributed by atoms with Gasteiger partial charge in [0.2, 0.25) is 0 Å². The molecule has 3 heterocycles. The molecular weight excluding hydrogens is 371 g/mol. The van der Waals surface area contributed by atoms with Gasteiger partial charge in [0.15, 0.2) is 16.3 Å². The zero-order valence-electron chi connectivity index (χ0n) is 13.5. The van der Waals surface area contributed by atoms with Gasteiger partial charge in [-0.05, 0) is 25.0 Å². The Hall–Kier alpha value is -2.49. The number of halogens is 3. The molecule has 26 heavy (non-hydrogen) atoms. The molecule has 0 radical (unpaired) electrons. The zero-order valence-corrected chi connectivity index (χ0v) is 14.3. The highest BCUT2D eigenvalue weighted by molar-refractivity contribution is 7.09. The van der Waals surface area contributed by atoms with Gasteiger partial charge in [-0.1, -0.05) is 11.3 Å². The number of likely N-dealkylation sites (tertiary alicyclic amines) is 1. The molecule has 0 spiro atoms. The van der Waals surface area contributed by atoms with Gasteiger partial charge in [-0.2, -0.15) is 4.99 Å². The monoisotopic (exact) mass is 385 g/mol. The summed E-state index contributed by atoms with van der Waals surface area (Å²) >= 11 is 1.03. The van der Waals surface area contributed by atoms with E-state index in [0.29, 0.717) is 23.7 Å². The van der Waals surface area contributed by atoms with Crippen LogP contribution in [0.25, 0.3) is 5.69 Å². The molecule has 2 amide bonds. The molecule has 10 heteroatoms. The summed E-state index contributed by atoms with van der Waals surface area (Å²) in [6, 6.07) is 3.79. The SMILES string of the molecule is O=C(N=c1sc(CF)cn1-c1ccc2c(c1)OC(F)(F)O2)N1CCCC1. The van der Waals surface area contributed by atoms with Gasteiger partial charge in [0, 0.05) is 25.4 Å². The highest BCUT2D eigenvalue weighted by Gasteiger charge is 2.43. The van der Waals surface area contributed by atoms with Crippen LogP contribution < -0.4 is 14.3 Å². The number of amides is 2. The maximum Gasteiger partial charge on any atom is 0.586 e. The molecule has 1 aromatic heterocycles. The molecule has 0 saturated carbocycles. The van der Waals surface area contributed by atoms with Gasteiger partial charge in [-0.3, -0.25) is 4.57 Å². The van der Waals surface area contributed by atoms with Crippen molar-refractivity contribution in [1.29, 1.82) is 0 Å². The first-order valence-electron chi connectivity index (χ1n) is 7.96. The Kier molecular flexibility index (Phi) is 4.14. The number of aromatic nitrogens is 1. The molecule has 0 unspecified atom stereocenters. The highest BCUT2D eigenvalue weighted by atomic mass is 32.1. The van der Waals surface area contributed by atoms with E-state index in [9.17, 15) is 18.0 Å². The zero-order chi connectivity index (χ0) is 18.3. The number of fused-ring (bicyclic) bond motifs is 1. The van der Waals surface area contributed by atoms with Crippen molar-refractivity contribution < 1.29 is 27.4 Å². The minimum atomic E-state index is -3.72. The lowest BCUT2D eigenvalue weighted by atomic mass is 10.3.